The molecule has 1 aromatic heterocycles. The Kier molecular flexibility index (Phi) is 4.53. The number of hydrogen-bond donors (Lipinski definition) is 1. The molecule has 0 atom stereocenters. The molecule has 3 rings (SSSR count). The number of nitrogens with one attached hydrogen (secondary N) is 1. The van der Waals surface area contributed by atoms with E-state index in [-0.39, 0.29) is 5.02 Å². The Balaban J connectivity index is 2.09. The monoisotopic (exact) mass is 345 g/mol. The fourth-order valence-electron chi connectivity index (χ4n) is 2.54. The number of nitrogens with zero attached hydrogens (tertiary/aromatic N) is 2. The highest BCUT2D eigenvalue weighted by Crippen LogP contribution is 2.33. The molecule has 1 N–H and O–H groups in total. The Morgan fingerprint density at radius 1 is 1.17 bits per heavy atom. The van der Waals surface area contributed by atoms with Gasteiger partial charge in [-0.05, 0) is 41.8 Å². The van der Waals surface area contributed by atoms with Crippen LogP contribution in [0.15, 0.2) is 36.7 Å². The first-order valence-electron chi connectivity index (χ1n) is 7.54. The summed E-state index contributed by atoms with van der Waals surface area (Å²) in [6.07, 6.45) is 1.49. The van der Waals surface area contributed by atoms with Gasteiger partial charge in [-0.3, -0.25) is 0 Å². The van der Waals surface area contributed by atoms with Crippen molar-refractivity contribution in [3.05, 3.63) is 53.1 Å². The van der Waals surface area contributed by atoms with Crippen molar-refractivity contribution >= 4 is 34.0 Å². The first-order chi connectivity index (χ1) is 11.5. The van der Waals surface area contributed by atoms with Gasteiger partial charge in [0, 0.05) is 11.1 Å². The van der Waals surface area contributed by atoms with E-state index in [1.54, 1.807) is 13.2 Å². The van der Waals surface area contributed by atoms with E-state index in [1.807, 2.05) is 12.1 Å². The zero-order chi connectivity index (χ0) is 17.3. The number of halogens is 2. The average Bonchev–Trinajstić information content (AvgIpc) is 2.57. The van der Waals surface area contributed by atoms with E-state index in [9.17, 15) is 4.39 Å². The van der Waals surface area contributed by atoms with E-state index in [1.165, 1.54) is 18.5 Å². The Labute approximate surface area is 144 Å². The van der Waals surface area contributed by atoms with Gasteiger partial charge in [0.1, 0.15) is 23.7 Å². The van der Waals surface area contributed by atoms with Crippen molar-refractivity contribution in [2.45, 2.75) is 19.8 Å². The number of fused-ring (bicyclic) bond motifs is 1. The zero-order valence-corrected chi connectivity index (χ0v) is 14.4. The molecule has 0 bridgehead atoms. The third kappa shape index (κ3) is 3.12. The summed E-state index contributed by atoms with van der Waals surface area (Å²) in [5.74, 6) is 1.24. The molecule has 0 fully saturated rings. The SMILES string of the molecule is COc1cc2c(Nc3ccc(F)c(Cl)c3)ncnc2cc1C(C)C. The molecule has 6 heteroatoms. The molecule has 0 saturated heterocycles. The second-order valence-electron chi connectivity index (χ2n) is 5.74. The average molecular weight is 346 g/mol. The number of ether oxygens (including phenoxy) is 1. The largest absolute Gasteiger partial charge is 0.496 e. The van der Waals surface area contributed by atoms with Crippen LogP contribution in [0.25, 0.3) is 10.9 Å². The molecule has 1 heterocycles. The number of hydrogen-bond acceptors (Lipinski definition) is 4. The van der Waals surface area contributed by atoms with Crippen LogP contribution in [0.2, 0.25) is 5.02 Å². The molecule has 0 aliphatic heterocycles. The van der Waals surface area contributed by atoms with Crippen LogP contribution in [0.3, 0.4) is 0 Å². The number of rotatable bonds is 4. The second kappa shape index (κ2) is 6.61. The Bertz CT molecular complexity index is 899. The van der Waals surface area contributed by atoms with Gasteiger partial charge in [0.05, 0.1) is 17.6 Å². The van der Waals surface area contributed by atoms with Crippen LogP contribution in [0.1, 0.15) is 25.3 Å². The Morgan fingerprint density at radius 2 is 1.96 bits per heavy atom. The topological polar surface area (TPSA) is 47.0 Å². The van der Waals surface area contributed by atoms with Gasteiger partial charge in [0.15, 0.2) is 0 Å². The highest BCUT2D eigenvalue weighted by atomic mass is 35.5. The van der Waals surface area contributed by atoms with E-state index < -0.39 is 5.82 Å². The molecule has 0 radical (unpaired) electrons. The van der Waals surface area contributed by atoms with E-state index >= 15 is 0 Å². The Morgan fingerprint density at radius 3 is 2.62 bits per heavy atom. The number of methoxy groups -OCH3 is 1. The summed E-state index contributed by atoms with van der Waals surface area (Å²) in [4.78, 5) is 8.63. The van der Waals surface area contributed by atoms with Gasteiger partial charge in [-0.1, -0.05) is 25.4 Å². The molecule has 124 valence electrons. The lowest BCUT2D eigenvalue weighted by Crippen LogP contribution is -1.99. The molecule has 24 heavy (non-hydrogen) atoms. The van der Waals surface area contributed by atoms with Gasteiger partial charge in [0.25, 0.3) is 0 Å². The maximum absolute atomic E-state index is 13.3. The molecule has 0 saturated carbocycles. The maximum atomic E-state index is 13.3. The van der Waals surface area contributed by atoms with Gasteiger partial charge < -0.3 is 10.1 Å². The quantitative estimate of drug-likeness (QED) is 0.697. The van der Waals surface area contributed by atoms with Crippen molar-refractivity contribution in [3.8, 4) is 5.75 Å². The van der Waals surface area contributed by atoms with Crippen molar-refractivity contribution < 1.29 is 9.13 Å². The molecule has 0 amide bonds. The first kappa shape index (κ1) is 16.5. The van der Waals surface area contributed by atoms with Crippen LogP contribution < -0.4 is 10.1 Å². The summed E-state index contributed by atoms with van der Waals surface area (Å²) in [5, 5.41) is 4.03. The second-order valence-corrected chi connectivity index (χ2v) is 6.15. The van der Waals surface area contributed by atoms with Gasteiger partial charge in [-0.15, -0.1) is 0 Å². The summed E-state index contributed by atoms with van der Waals surface area (Å²) in [6, 6.07) is 8.35. The fourth-order valence-corrected chi connectivity index (χ4v) is 2.72. The minimum absolute atomic E-state index is 0.0537. The van der Waals surface area contributed by atoms with Crippen LogP contribution in [0, 0.1) is 5.82 Å². The van der Waals surface area contributed by atoms with E-state index in [0.717, 1.165) is 22.2 Å². The van der Waals surface area contributed by atoms with E-state index in [4.69, 9.17) is 16.3 Å². The van der Waals surface area contributed by atoms with Crippen LogP contribution in [-0.2, 0) is 0 Å². The van der Waals surface area contributed by atoms with Gasteiger partial charge in [-0.25, -0.2) is 14.4 Å². The molecule has 4 nitrogen and oxygen atoms in total. The van der Waals surface area contributed by atoms with E-state index in [2.05, 4.69) is 29.1 Å². The normalized spacial score (nSPS) is 11.1. The first-order valence-corrected chi connectivity index (χ1v) is 7.92. The summed E-state index contributed by atoms with van der Waals surface area (Å²) >= 11 is 5.83. The lowest BCUT2D eigenvalue weighted by atomic mass is 10.00. The van der Waals surface area contributed by atoms with Crippen molar-refractivity contribution in [3.63, 3.8) is 0 Å². The molecule has 2 aromatic carbocycles. The lowest BCUT2D eigenvalue weighted by Gasteiger charge is -2.15. The summed E-state index contributed by atoms with van der Waals surface area (Å²) in [5.41, 5.74) is 2.54. The van der Waals surface area contributed by atoms with Crippen LogP contribution >= 0.6 is 11.6 Å². The van der Waals surface area contributed by atoms with Crippen molar-refractivity contribution in [1.82, 2.24) is 9.97 Å². The van der Waals surface area contributed by atoms with Gasteiger partial charge in [0.2, 0.25) is 0 Å². The van der Waals surface area contributed by atoms with Crippen LogP contribution in [-0.4, -0.2) is 17.1 Å². The molecule has 0 aliphatic rings. The van der Waals surface area contributed by atoms with Gasteiger partial charge >= 0.3 is 0 Å². The molecule has 0 unspecified atom stereocenters. The maximum Gasteiger partial charge on any atom is 0.141 e. The predicted molar refractivity (Wildman–Crippen MR) is 94.9 cm³/mol. The number of anilines is 2. The van der Waals surface area contributed by atoms with Gasteiger partial charge in [-0.2, -0.15) is 0 Å². The van der Waals surface area contributed by atoms with Crippen molar-refractivity contribution in [2.24, 2.45) is 0 Å². The lowest BCUT2D eigenvalue weighted by molar-refractivity contribution is 0.408. The number of benzene rings is 2. The number of aromatic nitrogens is 2. The molecule has 3 aromatic rings. The minimum atomic E-state index is -0.460. The third-order valence-corrected chi connectivity index (χ3v) is 4.08. The van der Waals surface area contributed by atoms with Crippen LogP contribution in [0.5, 0.6) is 5.75 Å². The molecular formula is C18H17ClFN3O. The highest BCUT2D eigenvalue weighted by molar-refractivity contribution is 6.31. The smallest absolute Gasteiger partial charge is 0.141 e. The van der Waals surface area contributed by atoms with Crippen molar-refractivity contribution in [2.75, 3.05) is 12.4 Å². The highest BCUT2D eigenvalue weighted by Gasteiger charge is 2.13. The molecule has 0 spiro atoms. The molecular weight excluding hydrogens is 329 g/mol. The van der Waals surface area contributed by atoms with E-state index in [0.29, 0.717) is 17.4 Å². The summed E-state index contributed by atoms with van der Waals surface area (Å²) in [6.45, 7) is 4.20. The third-order valence-electron chi connectivity index (χ3n) is 3.79. The zero-order valence-electron chi connectivity index (χ0n) is 13.6. The molecule has 0 aliphatic carbocycles. The minimum Gasteiger partial charge on any atom is -0.496 e. The summed E-state index contributed by atoms with van der Waals surface area (Å²) < 4.78 is 18.8. The predicted octanol–water partition coefficient (Wildman–Crippen LogP) is 5.30. The fraction of sp³-hybridized carbons (Fsp3) is 0.222. The standard InChI is InChI=1S/C18H17ClFN3O/c1-10(2)12-7-16-13(8-17(12)24-3)18(22-9-21-16)23-11-4-5-15(20)14(19)6-11/h4-10H,1-3H3,(H,21,22,23). The van der Waals surface area contributed by atoms with Crippen molar-refractivity contribution in [1.29, 1.82) is 0 Å². The Hall–Kier alpha value is -2.40. The summed E-state index contributed by atoms with van der Waals surface area (Å²) in [7, 11) is 1.64. The van der Waals surface area contributed by atoms with Crippen LogP contribution in [0.4, 0.5) is 15.9 Å².